The highest BCUT2D eigenvalue weighted by Gasteiger charge is 2.09. The summed E-state index contributed by atoms with van der Waals surface area (Å²) in [5.74, 6) is 1.47. The molecule has 0 bridgehead atoms. The number of aliphatic hydroxyl groups excluding tert-OH is 1. The number of thiophene rings is 1. The number of hydrogen-bond donors (Lipinski definition) is 2. The Kier molecular flexibility index (Phi) is 3.62. The van der Waals surface area contributed by atoms with E-state index in [1.54, 1.807) is 18.3 Å². The number of benzene rings is 1. The monoisotopic (exact) mass is 285 g/mol. The Labute approximate surface area is 121 Å². The molecule has 3 aromatic rings. The first-order valence-corrected chi connectivity index (χ1v) is 7.39. The molecule has 0 saturated heterocycles. The SMILES string of the molecule is C[C@@H](O)CNc1nc(-c2ccsc2)nc2ccccc12. The molecule has 1 atom stereocenters. The zero-order valence-corrected chi connectivity index (χ0v) is 11.9. The van der Waals surface area contributed by atoms with E-state index in [2.05, 4.69) is 15.3 Å². The van der Waals surface area contributed by atoms with Crippen molar-refractivity contribution in [2.75, 3.05) is 11.9 Å². The number of aromatic nitrogens is 2. The second kappa shape index (κ2) is 5.56. The first-order chi connectivity index (χ1) is 9.74. The molecular weight excluding hydrogens is 270 g/mol. The fraction of sp³-hybridized carbons (Fsp3) is 0.200. The minimum absolute atomic E-state index is 0.423. The summed E-state index contributed by atoms with van der Waals surface area (Å²) in [6.45, 7) is 2.21. The minimum atomic E-state index is -0.423. The maximum atomic E-state index is 9.43. The second-order valence-electron chi connectivity index (χ2n) is 4.65. The highest BCUT2D eigenvalue weighted by Crippen LogP contribution is 2.25. The first-order valence-electron chi connectivity index (χ1n) is 6.45. The van der Waals surface area contributed by atoms with Gasteiger partial charge in [0.1, 0.15) is 5.82 Å². The van der Waals surface area contributed by atoms with Crippen molar-refractivity contribution < 1.29 is 5.11 Å². The van der Waals surface area contributed by atoms with Gasteiger partial charge in [0.2, 0.25) is 0 Å². The van der Waals surface area contributed by atoms with Gasteiger partial charge in [0.05, 0.1) is 11.6 Å². The summed E-state index contributed by atoms with van der Waals surface area (Å²) >= 11 is 1.62. The molecule has 0 fully saturated rings. The van der Waals surface area contributed by atoms with Gasteiger partial charge in [-0.1, -0.05) is 12.1 Å². The third-order valence-corrected chi connectivity index (χ3v) is 3.63. The molecule has 0 unspecified atom stereocenters. The average molecular weight is 285 g/mol. The van der Waals surface area contributed by atoms with Crippen LogP contribution in [0.25, 0.3) is 22.3 Å². The van der Waals surface area contributed by atoms with Crippen molar-refractivity contribution in [3.05, 3.63) is 41.1 Å². The van der Waals surface area contributed by atoms with Gasteiger partial charge >= 0.3 is 0 Å². The fourth-order valence-electron chi connectivity index (χ4n) is 1.98. The summed E-state index contributed by atoms with van der Waals surface area (Å²) in [6, 6.07) is 9.89. The molecular formula is C15H15N3OS. The van der Waals surface area contributed by atoms with Gasteiger partial charge < -0.3 is 10.4 Å². The van der Waals surface area contributed by atoms with Gasteiger partial charge in [0.25, 0.3) is 0 Å². The largest absolute Gasteiger partial charge is 0.392 e. The normalized spacial score (nSPS) is 12.5. The van der Waals surface area contributed by atoms with Crippen molar-refractivity contribution in [1.29, 1.82) is 0 Å². The average Bonchev–Trinajstić information content (AvgIpc) is 2.98. The molecule has 0 radical (unpaired) electrons. The molecule has 0 saturated carbocycles. The van der Waals surface area contributed by atoms with Crippen molar-refractivity contribution in [1.82, 2.24) is 9.97 Å². The molecule has 4 nitrogen and oxygen atoms in total. The van der Waals surface area contributed by atoms with Gasteiger partial charge in [-0.25, -0.2) is 9.97 Å². The van der Waals surface area contributed by atoms with Crippen LogP contribution in [0.1, 0.15) is 6.92 Å². The lowest BCUT2D eigenvalue weighted by molar-refractivity contribution is 0.208. The van der Waals surface area contributed by atoms with E-state index in [0.29, 0.717) is 12.4 Å². The van der Waals surface area contributed by atoms with Crippen molar-refractivity contribution >= 4 is 28.1 Å². The van der Waals surface area contributed by atoms with Crippen LogP contribution in [0.15, 0.2) is 41.1 Å². The van der Waals surface area contributed by atoms with Crippen LogP contribution >= 0.6 is 11.3 Å². The molecule has 0 spiro atoms. The number of anilines is 1. The van der Waals surface area contributed by atoms with Gasteiger partial charge in [-0.2, -0.15) is 11.3 Å². The van der Waals surface area contributed by atoms with E-state index in [9.17, 15) is 5.11 Å². The number of para-hydroxylation sites is 1. The predicted octanol–water partition coefficient (Wildman–Crippen LogP) is 3.15. The van der Waals surface area contributed by atoms with E-state index in [4.69, 9.17) is 0 Å². The predicted molar refractivity (Wildman–Crippen MR) is 83.0 cm³/mol. The summed E-state index contributed by atoms with van der Waals surface area (Å²) in [7, 11) is 0. The van der Waals surface area contributed by atoms with Crippen LogP contribution in [0.3, 0.4) is 0 Å². The van der Waals surface area contributed by atoms with Crippen molar-refractivity contribution in [2.24, 2.45) is 0 Å². The van der Waals surface area contributed by atoms with E-state index in [-0.39, 0.29) is 0 Å². The Morgan fingerprint density at radius 1 is 1.25 bits per heavy atom. The Hall–Kier alpha value is -1.98. The number of nitrogens with zero attached hydrogens (tertiary/aromatic N) is 2. The van der Waals surface area contributed by atoms with E-state index >= 15 is 0 Å². The zero-order valence-electron chi connectivity index (χ0n) is 11.1. The topological polar surface area (TPSA) is 58.0 Å². The van der Waals surface area contributed by atoms with Gasteiger partial charge in [-0.3, -0.25) is 0 Å². The summed E-state index contributed by atoms with van der Waals surface area (Å²) in [4.78, 5) is 9.19. The molecule has 0 aliphatic carbocycles. The zero-order chi connectivity index (χ0) is 13.9. The Balaban J connectivity index is 2.10. The summed E-state index contributed by atoms with van der Waals surface area (Å²) in [5.41, 5.74) is 1.91. The van der Waals surface area contributed by atoms with Crippen LogP contribution in [-0.4, -0.2) is 27.7 Å². The summed E-state index contributed by atoms with van der Waals surface area (Å²) in [5, 5.41) is 17.6. The first kappa shape index (κ1) is 13.0. The van der Waals surface area contributed by atoms with E-state index in [1.165, 1.54) is 0 Å². The molecule has 1 aromatic carbocycles. The van der Waals surface area contributed by atoms with Crippen molar-refractivity contribution in [3.63, 3.8) is 0 Å². The van der Waals surface area contributed by atoms with Crippen LogP contribution in [-0.2, 0) is 0 Å². The Bertz CT molecular complexity index is 710. The lowest BCUT2D eigenvalue weighted by Crippen LogP contribution is -2.16. The number of hydrogen-bond acceptors (Lipinski definition) is 5. The number of nitrogens with one attached hydrogen (secondary N) is 1. The minimum Gasteiger partial charge on any atom is -0.392 e. The standard InChI is InChI=1S/C15H15N3OS/c1-10(19)8-16-15-12-4-2-3-5-13(12)17-14(18-15)11-6-7-20-9-11/h2-7,9-10,19H,8H2,1H3,(H,16,17,18)/t10-/m1/s1. The molecule has 0 aliphatic rings. The maximum Gasteiger partial charge on any atom is 0.162 e. The second-order valence-corrected chi connectivity index (χ2v) is 5.43. The van der Waals surface area contributed by atoms with Crippen LogP contribution < -0.4 is 5.32 Å². The smallest absolute Gasteiger partial charge is 0.162 e. The molecule has 5 heteroatoms. The third kappa shape index (κ3) is 2.64. The van der Waals surface area contributed by atoms with Crippen molar-refractivity contribution in [3.8, 4) is 11.4 Å². The molecule has 3 rings (SSSR count). The molecule has 0 amide bonds. The molecule has 2 heterocycles. The summed E-state index contributed by atoms with van der Waals surface area (Å²) < 4.78 is 0. The molecule has 0 aliphatic heterocycles. The highest BCUT2D eigenvalue weighted by molar-refractivity contribution is 7.08. The lowest BCUT2D eigenvalue weighted by atomic mass is 10.2. The Morgan fingerprint density at radius 3 is 2.85 bits per heavy atom. The molecule has 102 valence electrons. The van der Waals surface area contributed by atoms with E-state index in [0.717, 1.165) is 22.3 Å². The van der Waals surface area contributed by atoms with E-state index < -0.39 is 6.10 Å². The Morgan fingerprint density at radius 2 is 2.10 bits per heavy atom. The molecule has 2 aromatic heterocycles. The van der Waals surface area contributed by atoms with Crippen LogP contribution in [0.5, 0.6) is 0 Å². The van der Waals surface area contributed by atoms with Gasteiger partial charge in [-0.05, 0) is 30.5 Å². The van der Waals surface area contributed by atoms with Gasteiger partial charge in [-0.15, -0.1) is 0 Å². The fourth-order valence-corrected chi connectivity index (χ4v) is 2.61. The quantitative estimate of drug-likeness (QED) is 0.773. The van der Waals surface area contributed by atoms with Gasteiger partial charge in [0, 0.05) is 22.9 Å². The molecule has 2 N–H and O–H groups in total. The third-order valence-electron chi connectivity index (χ3n) is 2.95. The van der Waals surface area contributed by atoms with E-state index in [1.807, 2.05) is 41.1 Å². The number of rotatable bonds is 4. The van der Waals surface area contributed by atoms with Crippen LogP contribution in [0.2, 0.25) is 0 Å². The summed E-state index contributed by atoms with van der Waals surface area (Å²) in [6.07, 6.45) is -0.423. The van der Waals surface area contributed by atoms with Crippen molar-refractivity contribution in [2.45, 2.75) is 13.0 Å². The lowest BCUT2D eigenvalue weighted by Gasteiger charge is -2.11. The number of fused-ring (bicyclic) bond motifs is 1. The van der Waals surface area contributed by atoms with Crippen LogP contribution in [0, 0.1) is 0 Å². The maximum absolute atomic E-state index is 9.43. The molecule has 20 heavy (non-hydrogen) atoms. The van der Waals surface area contributed by atoms with Gasteiger partial charge in [0.15, 0.2) is 5.82 Å². The van der Waals surface area contributed by atoms with Crippen LogP contribution in [0.4, 0.5) is 5.82 Å². The highest BCUT2D eigenvalue weighted by atomic mass is 32.1. The number of aliphatic hydroxyl groups is 1.